The molecule has 23 heavy (non-hydrogen) atoms. The van der Waals surface area contributed by atoms with Crippen LogP contribution in [0.1, 0.15) is 25.3 Å². The number of nitrogens with one attached hydrogen (secondary N) is 1. The van der Waals surface area contributed by atoms with Crippen LogP contribution in [0.3, 0.4) is 0 Å². The molecule has 0 unspecified atom stereocenters. The van der Waals surface area contributed by atoms with Crippen molar-refractivity contribution in [3.8, 4) is 5.75 Å². The molecule has 6 nitrogen and oxygen atoms in total. The summed E-state index contributed by atoms with van der Waals surface area (Å²) in [4.78, 5) is 13.9. The van der Waals surface area contributed by atoms with Crippen LogP contribution in [0, 0.1) is 6.92 Å². The third-order valence-electron chi connectivity index (χ3n) is 3.93. The minimum absolute atomic E-state index is 0.00874. The Balaban J connectivity index is 1.77. The van der Waals surface area contributed by atoms with Gasteiger partial charge in [0.05, 0.1) is 5.75 Å². The molecular formula is C16H24N2O4S. The van der Waals surface area contributed by atoms with E-state index in [1.54, 1.807) is 11.8 Å². The number of rotatable bonds is 6. The molecule has 7 heteroatoms. The van der Waals surface area contributed by atoms with Crippen LogP contribution in [-0.4, -0.2) is 50.7 Å². The van der Waals surface area contributed by atoms with Gasteiger partial charge in [0.25, 0.3) is 5.91 Å². The Kier molecular flexibility index (Phi) is 6.01. The van der Waals surface area contributed by atoms with Crippen molar-refractivity contribution in [2.75, 3.05) is 25.4 Å². The van der Waals surface area contributed by atoms with E-state index in [2.05, 4.69) is 4.72 Å². The van der Waals surface area contributed by atoms with Crippen LogP contribution < -0.4 is 9.46 Å². The lowest BCUT2D eigenvalue weighted by molar-refractivity contribution is -0.134. The molecule has 128 valence electrons. The smallest absolute Gasteiger partial charge is 0.260 e. The van der Waals surface area contributed by atoms with Gasteiger partial charge in [0.1, 0.15) is 5.75 Å². The Labute approximate surface area is 137 Å². The van der Waals surface area contributed by atoms with Crippen molar-refractivity contribution in [3.63, 3.8) is 0 Å². The molecule has 0 bridgehead atoms. The molecule has 1 fully saturated rings. The van der Waals surface area contributed by atoms with Gasteiger partial charge in [-0.2, -0.15) is 0 Å². The van der Waals surface area contributed by atoms with Crippen molar-refractivity contribution in [3.05, 3.63) is 29.8 Å². The zero-order valence-corrected chi connectivity index (χ0v) is 14.4. The van der Waals surface area contributed by atoms with Crippen molar-refractivity contribution >= 4 is 15.9 Å². The number of hydrogen-bond acceptors (Lipinski definition) is 4. The van der Waals surface area contributed by atoms with E-state index in [4.69, 9.17) is 4.74 Å². The van der Waals surface area contributed by atoms with Crippen LogP contribution in [0.4, 0.5) is 0 Å². The SMILES string of the molecule is CCS(=O)(=O)NC1CCN(C(=O)COc2cccc(C)c2)CC1. The summed E-state index contributed by atoms with van der Waals surface area (Å²) in [5.41, 5.74) is 1.08. The van der Waals surface area contributed by atoms with Crippen molar-refractivity contribution < 1.29 is 17.9 Å². The number of aryl methyl sites for hydroxylation is 1. The highest BCUT2D eigenvalue weighted by Gasteiger charge is 2.25. The van der Waals surface area contributed by atoms with Crippen molar-refractivity contribution in [2.45, 2.75) is 32.7 Å². The molecule has 1 amide bonds. The molecular weight excluding hydrogens is 316 g/mol. The first-order chi connectivity index (χ1) is 10.9. The molecule has 1 aliphatic heterocycles. The van der Waals surface area contributed by atoms with Gasteiger partial charge in [0.15, 0.2) is 6.61 Å². The average Bonchev–Trinajstić information content (AvgIpc) is 2.53. The predicted octanol–water partition coefficient (Wildman–Crippen LogP) is 1.30. The van der Waals surface area contributed by atoms with Crippen LogP contribution in [-0.2, 0) is 14.8 Å². The van der Waals surface area contributed by atoms with Gasteiger partial charge in [-0.15, -0.1) is 0 Å². The molecule has 1 aromatic carbocycles. The summed E-state index contributed by atoms with van der Waals surface area (Å²) in [5, 5.41) is 0. The van der Waals surface area contributed by atoms with Crippen LogP contribution in [0.15, 0.2) is 24.3 Å². The largest absolute Gasteiger partial charge is 0.484 e. The van der Waals surface area contributed by atoms with Gasteiger partial charge in [-0.3, -0.25) is 4.79 Å². The second kappa shape index (κ2) is 7.79. The van der Waals surface area contributed by atoms with Gasteiger partial charge in [0, 0.05) is 19.1 Å². The maximum Gasteiger partial charge on any atom is 0.260 e. The average molecular weight is 340 g/mol. The second-order valence-electron chi connectivity index (χ2n) is 5.78. The number of carbonyl (C=O) groups excluding carboxylic acids is 1. The van der Waals surface area contributed by atoms with E-state index in [1.807, 2.05) is 31.2 Å². The lowest BCUT2D eigenvalue weighted by atomic mass is 10.1. The molecule has 2 rings (SSSR count). The molecule has 0 radical (unpaired) electrons. The zero-order valence-electron chi connectivity index (χ0n) is 13.6. The van der Waals surface area contributed by atoms with Crippen molar-refractivity contribution in [1.82, 2.24) is 9.62 Å². The van der Waals surface area contributed by atoms with Gasteiger partial charge < -0.3 is 9.64 Å². The fourth-order valence-corrected chi connectivity index (χ4v) is 3.44. The summed E-state index contributed by atoms with van der Waals surface area (Å²) < 4.78 is 31.3. The lowest BCUT2D eigenvalue weighted by Crippen LogP contribution is -2.47. The minimum atomic E-state index is -3.19. The number of amides is 1. The monoisotopic (exact) mass is 340 g/mol. The van der Waals surface area contributed by atoms with Crippen LogP contribution in [0.5, 0.6) is 5.75 Å². The van der Waals surface area contributed by atoms with E-state index in [-0.39, 0.29) is 24.3 Å². The first kappa shape index (κ1) is 17.7. The third kappa shape index (κ3) is 5.51. The fourth-order valence-electron chi connectivity index (χ4n) is 2.53. The Morgan fingerprint density at radius 2 is 2.04 bits per heavy atom. The number of hydrogen-bond donors (Lipinski definition) is 1. The summed E-state index contributed by atoms with van der Waals surface area (Å²) in [6, 6.07) is 7.49. The van der Waals surface area contributed by atoms with Gasteiger partial charge in [-0.1, -0.05) is 12.1 Å². The number of likely N-dealkylation sites (tertiary alicyclic amines) is 1. The summed E-state index contributed by atoms with van der Waals surface area (Å²) >= 11 is 0. The first-order valence-electron chi connectivity index (χ1n) is 7.87. The number of sulfonamides is 1. The summed E-state index contributed by atoms with van der Waals surface area (Å²) in [6.45, 7) is 4.69. The molecule has 1 heterocycles. The second-order valence-corrected chi connectivity index (χ2v) is 7.82. The molecule has 1 aliphatic rings. The maximum atomic E-state index is 12.2. The molecule has 0 spiro atoms. The number of benzene rings is 1. The summed E-state index contributed by atoms with van der Waals surface area (Å²) in [5.74, 6) is 0.698. The normalized spacial score (nSPS) is 16.3. The lowest BCUT2D eigenvalue weighted by Gasteiger charge is -2.32. The minimum Gasteiger partial charge on any atom is -0.484 e. The molecule has 0 aromatic heterocycles. The number of carbonyl (C=O) groups is 1. The Morgan fingerprint density at radius 3 is 2.65 bits per heavy atom. The zero-order chi connectivity index (χ0) is 16.9. The number of nitrogens with zero attached hydrogens (tertiary/aromatic N) is 1. The van der Waals surface area contributed by atoms with Gasteiger partial charge >= 0.3 is 0 Å². The highest BCUT2D eigenvalue weighted by molar-refractivity contribution is 7.89. The van der Waals surface area contributed by atoms with E-state index < -0.39 is 10.0 Å². The van der Waals surface area contributed by atoms with E-state index in [0.29, 0.717) is 31.7 Å². The topological polar surface area (TPSA) is 75.7 Å². The third-order valence-corrected chi connectivity index (χ3v) is 5.38. The number of piperidine rings is 1. The van der Waals surface area contributed by atoms with E-state index in [9.17, 15) is 13.2 Å². The molecule has 0 saturated carbocycles. The van der Waals surface area contributed by atoms with Crippen molar-refractivity contribution in [1.29, 1.82) is 0 Å². The molecule has 0 aliphatic carbocycles. The van der Waals surface area contributed by atoms with Crippen LogP contribution in [0.25, 0.3) is 0 Å². The quantitative estimate of drug-likeness (QED) is 0.847. The Bertz CT molecular complexity index is 637. The first-order valence-corrected chi connectivity index (χ1v) is 9.52. The molecule has 0 atom stereocenters. The highest BCUT2D eigenvalue weighted by atomic mass is 32.2. The predicted molar refractivity (Wildman–Crippen MR) is 88.9 cm³/mol. The van der Waals surface area contributed by atoms with E-state index >= 15 is 0 Å². The standard InChI is InChI=1S/C16H24N2O4S/c1-3-23(20,21)17-14-7-9-18(10-8-14)16(19)12-22-15-6-4-5-13(2)11-15/h4-6,11,14,17H,3,7-10,12H2,1-2H3. The maximum absolute atomic E-state index is 12.2. The number of ether oxygens (including phenoxy) is 1. The summed E-state index contributed by atoms with van der Waals surface area (Å²) in [7, 11) is -3.19. The highest BCUT2D eigenvalue weighted by Crippen LogP contribution is 2.14. The van der Waals surface area contributed by atoms with Gasteiger partial charge in [-0.25, -0.2) is 13.1 Å². The van der Waals surface area contributed by atoms with Gasteiger partial charge in [0.2, 0.25) is 10.0 Å². The van der Waals surface area contributed by atoms with Crippen molar-refractivity contribution in [2.24, 2.45) is 0 Å². The molecule has 1 saturated heterocycles. The van der Waals surface area contributed by atoms with E-state index in [0.717, 1.165) is 5.56 Å². The summed E-state index contributed by atoms with van der Waals surface area (Å²) in [6.07, 6.45) is 1.27. The van der Waals surface area contributed by atoms with Gasteiger partial charge in [-0.05, 0) is 44.4 Å². The van der Waals surface area contributed by atoms with E-state index in [1.165, 1.54) is 0 Å². The Hall–Kier alpha value is -1.60. The van der Waals surface area contributed by atoms with Crippen LogP contribution >= 0.6 is 0 Å². The molecule has 1 aromatic rings. The fraction of sp³-hybridized carbons (Fsp3) is 0.562. The van der Waals surface area contributed by atoms with Crippen LogP contribution in [0.2, 0.25) is 0 Å². The Morgan fingerprint density at radius 1 is 1.35 bits per heavy atom. The molecule has 1 N–H and O–H groups in total.